The average molecular weight is 939 g/mol. The summed E-state index contributed by atoms with van der Waals surface area (Å²) in [6.45, 7) is 4.65. The molecule has 386 valence electrons. The average Bonchev–Trinajstić information content (AvgIpc) is 3.26. The molecule has 0 heterocycles. The number of aliphatic hydroxyl groups excluding tert-OH is 1. The molecule has 0 saturated carbocycles. The minimum atomic E-state index is -4.60. The van der Waals surface area contributed by atoms with Crippen molar-refractivity contribution in [2.45, 2.75) is 289 Å². The van der Waals surface area contributed by atoms with Gasteiger partial charge in [-0.2, -0.15) is 0 Å². The van der Waals surface area contributed by atoms with Crippen LogP contribution in [0, 0.1) is 0 Å². The second-order valence-electron chi connectivity index (χ2n) is 20.6. The van der Waals surface area contributed by atoms with Crippen molar-refractivity contribution in [1.82, 2.24) is 5.32 Å². The van der Waals surface area contributed by atoms with Crippen LogP contribution in [0.15, 0.2) is 24.3 Å². The molecule has 0 bridgehead atoms. The summed E-state index contributed by atoms with van der Waals surface area (Å²) < 4.78 is 23.3. The number of likely N-dealkylation sites (N-methyl/N-ethyl adjacent to an activating group) is 1. The maximum atomic E-state index is 12.9. The lowest BCUT2D eigenvalue weighted by Gasteiger charge is -2.29. The van der Waals surface area contributed by atoms with Crippen LogP contribution < -0.4 is 10.2 Å². The van der Waals surface area contributed by atoms with E-state index in [0.717, 1.165) is 38.5 Å². The number of phosphoric ester groups is 1. The van der Waals surface area contributed by atoms with Gasteiger partial charge in [0, 0.05) is 6.42 Å². The predicted octanol–water partition coefficient (Wildman–Crippen LogP) is 16.2. The van der Waals surface area contributed by atoms with Crippen molar-refractivity contribution < 1.29 is 32.9 Å². The van der Waals surface area contributed by atoms with Gasteiger partial charge in [0.2, 0.25) is 5.91 Å². The monoisotopic (exact) mass is 939 g/mol. The highest BCUT2D eigenvalue weighted by molar-refractivity contribution is 7.45. The van der Waals surface area contributed by atoms with Crippen LogP contribution in [0.5, 0.6) is 0 Å². The molecule has 8 nitrogen and oxygen atoms in total. The Morgan fingerprint density at radius 1 is 0.523 bits per heavy atom. The number of hydrogen-bond donors (Lipinski definition) is 2. The van der Waals surface area contributed by atoms with Gasteiger partial charge in [-0.15, -0.1) is 0 Å². The van der Waals surface area contributed by atoms with Crippen molar-refractivity contribution in [3.05, 3.63) is 24.3 Å². The van der Waals surface area contributed by atoms with E-state index in [2.05, 4.69) is 31.3 Å². The fourth-order valence-electron chi connectivity index (χ4n) is 8.47. The Kier molecular flexibility index (Phi) is 47.3. The Bertz CT molecular complexity index is 1110. The zero-order chi connectivity index (χ0) is 47.8. The topological polar surface area (TPSA) is 108 Å². The van der Waals surface area contributed by atoms with Gasteiger partial charge in [-0.05, 0) is 32.1 Å². The van der Waals surface area contributed by atoms with Crippen LogP contribution in [0.4, 0.5) is 0 Å². The van der Waals surface area contributed by atoms with Gasteiger partial charge >= 0.3 is 0 Å². The molecule has 0 rings (SSSR count). The van der Waals surface area contributed by atoms with E-state index in [1.807, 2.05) is 27.2 Å². The standard InChI is InChI=1S/C56H111N2O6P/c1-6-8-10-12-14-16-18-20-21-22-23-24-25-26-27-28-29-30-31-32-33-34-35-36-38-39-41-43-45-47-49-55(59)54(53-64-65(61,62)63-52-51-58(3,4)5)57-56(60)50-48-46-44-42-40-37-19-17-15-13-11-9-7-2/h39,41,47,49,54-55,59H,6-38,40,42-46,48,50-53H2,1-5H3,(H-,57,60,61,62)/b41-39+,49-47+. The van der Waals surface area contributed by atoms with Gasteiger partial charge in [0.1, 0.15) is 13.2 Å². The fourth-order valence-corrected chi connectivity index (χ4v) is 9.19. The molecule has 0 spiro atoms. The molecule has 0 aromatic heterocycles. The quantitative estimate of drug-likeness (QED) is 0.0272. The van der Waals surface area contributed by atoms with E-state index in [1.165, 1.54) is 218 Å². The van der Waals surface area contributed by atoms with E-state index >= 15 is 0 Å². The van der Waals surface area contributed by atoms with Crippen LogP contribution in [0.3, 0.4) is 0 Å². The number of rotatable bonds is 52. The summed E-state index contributed by atoms with van der Waals surface area (Å²) in [6.07, 6.45) is 59.8. The van der Waals surface area contributed by atoms with Crippen molar-refractivity contribution in [2.75, 3.05) is 40.9 Å². The van der Waals surface area contributed by atoms with E-state index in [1.54, 1.807) is 6.08 Å². The molecule has 0 aliphatic rings. The number of nitrogens with one attached hydrogen (secondary N) is 1. The molecule has 0 aromatic rings. The van der Waals surface area contributed by atoms with Crippen molar-refractivity contribution in [1.29, 1.82) is 0 Å². The summed E-state index contributed by atoms with van der Waals surface area (Å²) in [6, 6.07) is -0.899. The Hall–Kier alpha value is -1.02. The van der Waals surface area contributed by atoms with Crippen molar-refractivity contribution in [3.8, 4) is 0 Å². The Labute approximate surface area is 404 Å². The lowest BCUT2D eigenvalue weighted by Crippen LogP contribution is -2.45. The smallest absolute Gasteiger partial charge is 0.268 e. The molecular formula is C56H111N2O6P. The summed E-state index contributed by atoms with van der Waals surface area (Å²) in [5.74, 6) is -0.204. The summed E-state index contributed by atoms with van der Waals surface area (Å²) in [4.78, 5) is 25.4. The van der Waals surface area contributed by atoms with Crippen molar-refractivity contribution >= 4 is 13.7 Å². The van der Waals surface area contributed by atoms with Crippen molar-refractivity contribution in [2.24, 2.45) is 0 Å². The van der Waals surface area contributed by atoms with Gasteiger partial charge < -0.3 is 28.8 Å². The first-order chi connectivity index (χ1) is 31.5. The number of allylic oxidation sites excluding steroid dienone is 3. The maximum absolute atomic E-state index is 12.9. The maximum Gasteiger partial charge on any atom is 0.268 e. The first-order valence-electron chi connectivity index (χ1n) is 28.2. The summed E-state index contributed by atoms with van der Waals surface area (Å²) >= 11 is 0. The number of phosphoric acid groups is 1. The third-order valence-corrected chi connectivity index (χ3v) is 13.9. The molecular weight excluding hydrogens is 828 g/mol. The molecule has 0 aliphatic carbocycles. The van der Waals surface area contributed by atoms with Gasteiger partial charge in [-0.3, -0.25) is 9.36 Å². The second-order valence-corrected chi connectivity index (χ2v) is 22.1. The van der Waals surface area contributed by atoms with E-state index in [4.69, 9.17) is 9.05 Å². The van der Waals surface area contributed by atoms with Crippen molar-refractivity contribution in [3.63, 3.8) is 0 Å². The van der Waals surface area contributed by atoms with Crippen LogP contribution in [0.2, 0.25) is 0 Å². The minimum absolute atomic E-state index is 0.00397. The highest BCUT2D eigenvalue weighted by Crippen LogP contribution is 2.38. The molecule has 9 heteroatoms. The Balaban J connectivity index is 4.13. The van der Waals surface area contributed by atoms with E-state index in [9.17, 15) is 19.4 Å². The largest absolute Gasteiger partial charge is 0.756 e. The minimum Gasteiger partial charge on any atom is -0.756 e. The number of quaternary nitrogens is 1. The lowest BCUT2D eigenvalue weighted by atomic mass is 10.0. The number of amides is 1. The third-order valence-electron chi connectivity index (χ3n) is 12.9. The van der Waals surface area contributed by atoms with Gasteiger partial charge in [-0.1, -0.05) is 263 Å². The Morgan fingerprint density at radius 3 is 1.25 bits per heavy atom. The van der Waals surface area contributed by atoms with E-state index < -0.39 is 20.0 Å². The molecule has 3 atom stereocenters. The molecule has 65 heavy (non-hydrogen) atoms. The van der Waals surface area contributed by atoms with Gasteiger partial charge in [0.15, 0.2) is 0 Å². The summed E-state index contributed by atoms with van der Waals surface area (Å²) in [7, 11) is 1.25. The number of carbonyl (C=O) groups is 1. The second kappa shape index (κ2) is 48.0. The number of hydrogen-bond acceptors (Lipinski definition) is 6. The number of unbranched alkanes of at least 4 members (excludes halogenated alkanes) is 37. The summed E-state index contributed by atoms with van der Waals surface area (Å²) in [5, 5.41) is 13.8. The molecule has 3 unspecified atom stereocenters. The number of nitrogens with zero attached hydrogens (tertiary/aromatic N) is 1. The van der Waals surface area contributed by atoms with Crippen LogP contribution in [-0.2, 0) is 18.4 Å². The van der Waals surface area contributed by atoms with E-state index in [-0.39, 0.29) is 19.1 Å². The molecule has 0 aliphatic heterocycles. The third kappa shape index (κ3) is 50.7. The van der Waals surface area contributed by atoms with Gasteiger partial charge in [-0.25, -0.2) is 0 Å². The highest BCUT2D eigenvalue weighted by Gasteiger charge is 2.23. The highest BCUT2D eigenvalue weighted by atomic mass is 31.2. The molecule has 0 fully saturated rings. The molecule has 0 saturated heterocycles. The Morgan fingerprint density at radius 2 is 0.862 bits per heavy atom. The van der Waals surface area contributed by atoms with Crippen LogP contribution >= 0.6 is 7.82 Å². The predicted molar refractivity (Wildman–Crippen MR) is 279 cm³/mol. The zero-order valence-electron chi connectivity index (χ0n) is 44.0. The molecule has 0 aromatic carbocycles. The molecule has 1 amide bonds. The molecule has 2 N–H and O–H groups in total. The number of carbonyl (C=O) groups excluding carboxylic acids is 1. The van der Waals surface area contributed by atoms with Crippen LogP contribution in [0.1, 0.15) is 277 Å². The lowest BCUT2D eigenvalue weighted by molar-refractivity contribution is -0.870. The normalized spacial score (nSPS) is 14.1. The number of aliphatic hydroxyl groups is 1. The van der Waals surface area contributed by atoms with Crippen LogP contribution in [-0.4, -0.2) is 68.5 Å². The SMILES string of the molecule is CCCCCCCCCCCCCCCCCCCCCCCCCC/C=C/CC/C=C/C(O)C(COP(=O)([O-])OCC[N+](C)(C)C)NC(=O)CCCCCCCCCCCCCCC. The first-order valence-corrected chi connectivity index (χ1v) is 29.7. The fraction of sp³-hybridized carbons (Fsp3) is 0.911. The molecule has 0 radical (unpaired) electrons. The van der Waals surface area contributed by atoms with Gasteiger partial charge in [0.05, 0.1) is 39.9 Å². The summed E-state index contributed by atoms with van der Waals surface area (Å²) in [5.41, 5.74) is 0. The van der Waals surface area contributed by atoms with Gasteiger partial charge in [0.25, 0.3) is 7.82 Å². The zero-order valence-corrected chi connectivity index (χ0v) is 44.9. The van der Waals surface area contributed by atoms with E-state index in [0.29, 0.717) is 17.4 Å². The van der Waals surface area contributed by atoms with Crippen LogP contribution in [0.25, 0.3) is 0 Å². The first kappa shape index (κ1) is 64.0.